The molecule has 2 rings (SSSR count). The summed E-state index contributed by atoms with van der Waals surface area (Å²) in [6.45, 7) is 1.39. The average molecular weight is 395 g/mol. The molecule has 0 fully saturated rings. The van der Waals surface area contributed by atoms with Gasteiger partial charge >= 0.3 is 0 Å². The van der Waals surface area contributed by atoms with Crippen molar-refractivity contribution in [2.45, 2.75) is 11.3 Å². The Hall–Kier alpha value is -2.09. The highest BCUT2D eigenvalue weighted by atomic mass is 35.5. The summed E-state index contributed by atoms with van der Waals surface area (Å²) in [6.07, 6.45) is 0.832. The maximum Gasteiger partial charge on any atom is 0.240 e. The van der Waals surface area contributed by atoms with Gasteiger partial charge in [-0.2, -0.15) is 0 Å². The number of aliphatic imine (C=N–C) groups is 1. The average Bonchev–Trinajstić information content (AvgIpc) is 2.66. The van der Waals surface area contributed by atoms with E-state index in [0.29, 0.717) is 19.0 Å². The van der Waals surface area contributed by atoms with Crippen LogP contribution < -0.4 is 15.4 Å². The van der Waals surface area contributed by atoms with Crippen molar-refractivity contribution < 1.29 is 8.42 Å². The molecule has 0 amide bonds. The van der Waals surface area contributed by atoms with Crippen molar-refractivity contribution in [1.29, 1.82) is 0 Å². The molecule has 2 aromatic carbocycles. The minimum atomic E-state index is -3.48. The molecule has 140 valence electrons. The van der Waals surface area contributed by atoms with Crippen molar-refractivity contribution >= 4 is 27.6 Å². The summed E-state index contributed by atoms with van der Waals surface area (Å²) >= 11 is 5.87. The van der Waals surface area contributed by atoms with Crippen LogP contribution in [0.4, 0.5) is 0 Å². The fraction of sp³-hybridized carbons (Fsp3) is 0.278. The Morgan fingerprint density at radius 3 is 2.27 bits per heavy atom. The topological polar surface area (TPSA) is 82.6 Å². The number of halogens is 1. The predicted octanol–water partition coefficient (Wildman–Crippen LogP) is 2.03. The molecule has 0 unspecified atom stereocenters. The fourth-order valence-electron chi connectivity index (χ4n) is 2.25. The van der Waals surface area contributed by atoms with Gasteiger partial charge < -0.3 is 10.6 Å². The zero-order valence-electron chi connectivity index (χ0n) is 14.6. The normalized spacial score (nSPS) is 12.0. The first kappa shape index (κ1) is 20.2. The highest BCUT2D eigenvalue weighted by molar-refractivity contribution is 7.89. The van der Waals surface area contributed by atoms with Gasteiger partial charge in [0.05, 0.1) is 4.90 Å². The van der Waals surface area contributed by atoms with Crippen LogP contribution in [0.5, 0.6) is 0 Å². The van der Waals surface area contributed by atoms with Crippen LogP contribution in [0.15, 0.2) is 64.5 Å². The van der Waals surface area contributed by atoms with E-state index in [9.17, 15) is 8.42 Å². The zero-order valence-corrected chi connectivity index (χ0v) is 16.1. The SMILES string of the molecule is CN=C(NCCNS(=O)(=O)c1ccccc1)NCCc1ccc(Cl)cc1. The van der Waals surface area contributed by atoms with Crippen molar-refractivity contribution in [1.82, 2.24) is 15.4 Å². The van der Waals surface area contributed by atoms with E-state index in [1.54, 1.807) is 37.4 Å². The Kier molecular flexibility index (Phi) is 7.90. The van der Waals surface area contributed by atoms with E-state index in [1.807, 2.05) is 24.3 Å². The van der Waals surface area contributed by atoms with Gasteiger partial charge in [0.2, 0.25) is 10.0 Å². The Morgan fingerprint density at radius 1 is 0.962 bits per heavy atom. The molecule has 8 heteroatoms. The summed E-state index contributed by atoms with van der Waals surface area (Å²) in [5.41, 5.74) is 1.17. The van der Waals surface area contributed by atoms with Gasteiger partial charge in [0.1, 0.15) is 0 Å². The third kappa shape index (κ3) is 6.67. The first-order valence-corrected chi connectivity index (χ1v) is 10.1. The highest BCUT2D eigenvalue weighted by Gasteiger charge is 2.11. The van der Waals surface area contributed by atoms with E-state index in [2.05, 4.69) is 20.3 Å². The lowest BCUT2D eigenvalue weighted by molar-refractivity contribution is 0.580. The minimum absolute atomic E-state index is 0.255. The van der Waals surface area contributed by atoms with E-state index >= 15 is 0 Å². The van der Waals surface area contributed by atoms with Crippen molar-refractivity contribution in [2.75, 3.05) is 26.7 Å². The van der Waals surface area contributed by atoms with Gasteiger partial charge in [-0.3, -0.25) is 4.99 Å². The number of guanidine groups is 1. The van der Waals surface area contributed by atoms with Crippen molar-refractivity contribution in [2.24, 2.45) is 4.99 Å². The van der Waals surface area contributed by atoms with Crippen molar-refractivity contribution in [3.05, 3.63) is 65.2 Å². The largest absolute Gasteiger partial charge is 0.356 e. The van der Waals surface area contributed by atoms with Crippen LogP contribution in [0, 0.1) is 0 Å². The summed E-state index contributed by atoms with van der Waals surface area (Å²) < 4.78 is 26.8. The molecular weight excluding hydrogens is 372 g/mol. The van der Waals surface area contributed by atoms with Crippen LogP contribution in [-0.4, -0.2) is 41.1 Å². The van der Waals surface area contributed by atoms with Gasteiger partial charge in [-0.15, -0.1) is 0 Å². The molecule has 0 saturated carbocycles. The van der Waals surface area contributed by atoms with Crippen LogP contribution in [0.1, 0.15) is 5.56 Å². The van der Waals surface area contributed by atoms with Crippen molar-refractivity contribution in [3.63, 3.8) is 0 Å². The molecule has 0 aliphatic heterocycles. The van der Waals surface area contributed by atoms with Gasteiger partial charge in [-0.05, 0) is 36.2 Å². The summed E-state index contributed by atoms with van der Waals surface area (Å²) in [5, 5.41) is 6.99. The lowest BCUT2D eigenvalue weighted by Crippen LogP contribution is -2.42. The van der Waals surface area contributed by atoms with Gasteiger partial charge in [0, 0.05) is 31.7 Å². The second kappa shape index (κ2) is 10.2. The van der Waals surface area contributed by atoms with Gasteiger partial charge in [-0.25, -0.2) is 13.1 Å². The van der Waals surface area contributed by atoms with E-state index in [0.717, 1.165) is 11.4 Å². The Balaban J connectivity index is 1.69. The van der Waals surface area contributed by atoms with Crippen LogP contribution in [0.25, 0.3) is 0 Å². The minimum Gasteiger partial charge on any atom is -0.356 e. The number of nitrogens with zero attached hydrogens (tertiary/aromatic N) is 1. The molecule has 0 aliphatic rings. The van der Waals surface area contributed by atoms with E-state index in [-0.39, 0.29) is 11.4 Å². The first-order chi connectivity index (χ1) is 12.5. The van der Waals surface area contributed by atoms with E-state index < -0.39 is 10.0 Å². The third-order valence-electron chi connectivity index (χ3n) is 3.61. The quantitative estimate of drug-likeness (QED) is 0.363. The number of benzene rings is 2. The number of rotatable bonds is 8. The molecule has 0 radical (unpaired) electrons. The van der Waals surface area contributed by atoms with Crippen LogP contribution >= 0.6 is 11.6 Å². The molecule has 0 bridgehead atoms. The Morgan fingerprint density at radius 2 is 1.62 bits per heavy atom. The van der Waals surface area contributed by atoms with Gasteiger partial charge in [0.15, 0.2) is 5.96 Å². The van der Waals surface area contributed by atoms with Crippen LogP contribution in [-0.2, 0) is 16.4 Å². The molecule has 26 heavy (non-hydrogen) atoms. The summed E-state index contributed by atoms with van der Waals surface area (Å²) in [5.74, 6) is 0.623. The molecule has 3 N–H and O–H groups in total. The van der Waals surface area contributed by atoms with Crippen molar-refractivity contribution in [3.8, 4) is 0 Å². The summed E-state index contributed by atoms with van der Waals surface area (Å²) in [6, 6.07) is 16.0. The smallest absolute Gasteiger partial charge is 0.240 e. The molecule has 0 atom stereocenters. The summed E-state index contributed by atoms with van der Waals surface area (Å²) in [7, 11) is -1.81. The zero-order chi connectivity index (χ0) is 18.8. The lowest BCUT2D eigenvalue weighted by Gasteiger charge is -2.12. The Bertz CT molecular complexity index is 809. The van der Waals surface area contributed by atoms with E-state index in [4.69, 9.17) is 11.6 Å². The molecule has 0 heterocycles. The number of sulfonamides is 1. The highest BCUT2D eigenvalue weighted by Crippen LogP contribution is 2.09. The van der Waals surface area contributed by atoms with Gasteiger partial charge in [-0.1, -0.05) is 41.9 Å². The molecule has 0 saturated heterocycles. The lowest BCUT2D eigenvalue weighted by atomic mass is 10.1. The monoisotopic (exact) mass is 394 g/mol. The number of hydrogen-bond acceptors (Lipinski definition) is 3. The maximum absolute atomic E-state index is 12.1. The van der Waals surface area contributed by atoms with Gasteiger partial charge in [0.25, 0.3) is 0 Å². The molecular formula is C18H23ClN4O2S. The number of hydrogen-bond donors (Lipinski definition) is 3. The second-order valence-electron chi connectivity index (χ2n) is 5.51. The fourth-order valence-corrected chi connectivity index (χ4v) is 3.43. The molecule has 0 aromatic heterocycles. The molecule has 0 aliphatic carbocycles. The van der Waals surface area contributed by atoms with Crippen LogP contribution in [0.2, 0.25) is 5.02 Å². The van der Waals surface area contributed by atoms with E-state index in [1.165, 1.54) is 5.56 Å². The standard InChI is InChI=1S/C18H23ClN4O2S/c1-20-18(21-12-11-15-7-9-16(19)10-8-15)22-13-14-23-26(24,25)17-5-3-2-4-6-17/h2-10,23H,11-14H2,1H3,(H2,20,21,22). The first-order valence-electron chi connectivity index (χ1n) is 8.25. The third-order valence-corrected chi connectivity index (χ3v) is 5.33. The molecule has 6 nitrogen and oxygen atoms in total. The Labute approximate surface area is 159 Å². The predicted molar refractivity (Wildman–Crippen MR) is 106 cm³/mol. The summed E-state index contributed by atoms with van der Waals surface area (Å²) in [4.78, 5) is 4.38. The number of nitrogens with one attached hydrogen (secondary N) is 3. The maximum atomic E-state index is 12.1. The molecule has 0 spiro atoms. The second-order valence-corrected chi connectivity index (χ2v) is 7.72. The molecule has 2 aromatic rings. The van der Waals surface area contributed by atoms with Crippen LogP contribution in [0.3, 0.4) is 0 Å².